The maximum atomic E-state index is 12.2. The summed E-state index contributed by atoms with van der Waals surface area (Å²) in [4.78, 5) is 25.9. The van der Waals surface area contributed by atoms with Gasteiger partial charge in [-0.05, 0) is 49.9 Å². The minimum Gasteiger partial charge on any atom is -0.481 e. The van der Waals surface area contributed by atoms with Gasteiger partial charge in [-0.1, -0.05) is 6.92 Å². The van der Waals surface area contributed by atoms with Crippen LogP contribution in [0.5, 0.6) is 0 Å². The van der Waals surface area contributed by atoms with E-state index in [1.165, 1.54) is 0 Å². The summed E-state index contributed by atoms with van der Waals surface area (Å²) in [7, 11) is 0. The Balaban J connectivity index is 2.13. The lowest BCUT2D eigenvalue weighted by Gasteiger charge is -2.10. The molecule has 1 aromatic carbocycles. The van der Waals surface area contributed by atoms with E-state index in [0.29, 0.717) is 12.1 Å². The van der Waals surface area contributed by atoms with Crippen LogP contribution in [0.2, 0.25) is 0 Å². The highest BCUT2D eigenvalue weighted by Gasteiger charge is 2.15. The van der Waals surface area contributed by atoms with Gasteiger partial charge >= 0.3 is 5.97 Å². The summed E-state index contributed by atoms with van der Waals surface area (Å²) in [5.74, 6) is -1.19. The van der Waals surface area contributed by atoms with E-state index in [9.17, 15) is 9.59 Å². The molecule has 0 saturated carbocycles. The molecule has 3 N–H and O–H groups in total. The normalized spacial score (nSPS) is 12.3. The Hall–Kier alpha value is -1.34. The Bertz CT molecular complexity index is 697. The monoisotopic (exact) mass is 416 g/mol. The Morgan fingerprint density at radius 2 is 2.00 bits per heavy atom. The van der Waals surface area contributed by atoms with Gasteiger partial charge in [0.05, 0.1) is 5.56 Å². The molecule has 0 saturated heterocycles. The Kier molecular flexibility index (Phi) is 5.05. The molecule has 2 aromatic rings. The maximum absolute atomic E-state index is 12.2. The second kappa shape index (κ2) is 6.62. The lowest BCUT2D eigenvalue weighted by Crippen LogP contribution is -2.29. The highest BCUT2D eigenvalue weighted by molar-refractivity contribution is 9.13. The van der Waals surface area contributed by atoms with Gasteiger partial charge in [-0.25, -0.2) is 0 Å². The largest absolute Gasteiger partial charge is 0.481 e. The van der Waals surface area contributed by atoms with Crippen LogP contribution in [0.25, 0.3) is 10.9 Å². The fourth-order valence-corrected chi connectivity index (χ4v) is 2.72. The van der Waals surface area contributed by atoms with Gasteiger partial charge in [0.1, 0.15) is 0 Å². The van der Waals surface area contributed by atoms with E-state index in [1.807, 2.05) is 12.1 Å². The predicted molar refractivity (Wildman–Crippen MR) is 87.4 cm³/mol. The van der Waals surface area contributed by atoms with Crippen LogP contribution in [0.15, 0.2) is 27.3 Å². The molecule has 1 amide bonds. The third kappa shape index (κ3) is 3.85. The van der Waals surface area contributed by atoms with Gasteiger partial charge in [-0.3, -0.25) is 9.59 Å². The average Bonchev–Trinajstić information content (AvgIpc) is 2.78. The van der Waals surface area contributed by atoms with E-state index >= 15 is 0 Å². The predicted octanol–water partition coefficient (Wildman–Crippen LogP) is 3.53. The number of aromatic nitrogens is 1. The number of aromatic amines is 1. The van der Waals surface area contributed by atoms with E-state index < -0.39 is 5.97 Å². The topological polar surface area (TPSA) is 82.2 Å². The fourth-order valence-electron chi connectivity index (χ4n) is 2.04. The zero-order valence-electron chi connectivity index (χ0n) is 11.2. The molecule has 0 aliphatic rings. The SMILES string of the molecule is CC(CNC(=O)c1c[nH]c2cc(Br)c(Br)cc12)CC(=O)O. The summed E-state index contributed by atoms with van der Waals surface area (Å²) < 4.78 is 1.77. The van der Waals surface area contributed by atoms with Crippen molar-refractivity contribution in [2.45, 2.75) is 13.3 Å². The van der Waals surface area contributed by atoms with Crippen LogP contribution in [0.3, 0.4) is 0 Å². The number of hydrogen-bond donors (Lipinski definition) is 3. The zero-order chi connectivity index (χ0) is 15.6. The quantitative estimate of drug-likeness (QED) is 0.695. The zero-order valence-corrected chi connectivity index (χ0v) is 14.4. The number of rotatable bonds is 5. The van der Waals surface area contributed by atoms with Gasteiger partial charge in [-0.15, -0.1) is 0 Å². The summed E-state index contributed by atoms with van der Waals surface area (Å²) in [5, 5.41) is 12.3. The van der Waals surface area contributed by atoms with E-state index in [1.54, 1.807) is 13.1 Å². The minimum atomic E-state index is -0.863. The maximum Gasteiger partial charge on any atom is 0.303 e. The molecular formula is C14H14Br2N2O3. The van der Waals surface area contributed by atoms with E-state index in [0.717, 1.165) is 19.8 Å². The van der Waals surface area contributed by atoms with Crippen molar-refractivity contribution in [3.63, 3.8) is 0 Å². The van der Waals surface area contributed by atoms with Crippen molar-refractivity contribution in [2.75, 3.05) is 6.54 Å². The van der Waals surface area contributed by atoms with Crippen LogP contribution < -0.4 is 5.32 Å². The van der Waals surface area contributed by atoms with Gasteiger partial charge in [0.15, 0.2) is 0 Å². The Labute approximate surface area is 138 Å². The molecule has 0 bridgehead atoms. The van der Waals surface area contributed by atoms with Crippen molar-refractivity contribution < 1.29 is 14.7 Å². The summed E-state index contributed by atoms with van der Waals surface area (Å²) in [6.45, 7) is 2.12. The van der Waals surface area contributed by atoms with Crippen molar-refractivity contribution in [3.8, 4) is 0 Å². The number of amides is 1. The van der Waals surface area contributed by atoms with E-state index in [4.69, 9.17) is 5.11 Å². The molecule has 0 spiro atoms. The van der Waals surface area contributed by atoms with Crippen molar-refractivity contribution >= 4 is 54.6 Å². The molecule has 5 nitrogen and oxygen atoms in total. The van der Waals surface area contributed by atoms with Crippen LogP contribution in [-0.4, -0.2) is 28.5 Å². The van der Waals surface area contributed by atoms with Crippen molar-refractivity contribution in [2.24, 2.45) is 5.92 Å². The molecule has 0 radical (unpaired) electrons. The van der Waals surface area contributed by atoms with Crippen LogP contribution in [0.4, 0.5) is 0 Å². The Morgan fingerprint density at radius 3 is 2.67 bits per heavy atom. The number of H-pyrrole nitrogens is 1. The number of aliphatic carboxylic acids is 1. The molecule has 0 fully saturated rings. The molecule has 1 unspecified atom stereocenters. The number of carbonyl (C=O) groups excluding carboxylic acids is 1. The molecule has 1 heterocycles. The highest BCUT2D eigenvalue weighted by Crippen LogP contribution is 2.30. The number of benzene rings is 1. The number of hydrogen-bond acceptors (Lipinski definition) is 2. The smallest absolute Gasteiger partial charge is 0.303 e. The first-order valence-corrected chi connectivity index (χ1v) is 7.93. The third-order valence-corrected chi connectivity index (χ3v) is 4.95. The number of carboxylic acids is 1. The number of nitrogens with one attached hydrogen (secondary N) is 2. The van der Waals surface area contributed by atoms with Gasteiger partial charge in [-0.2, -0.15) is 0 Å². The Morgan fingerprint density at radius 1 is 1.33 bits per heavy atom. The van der Waals surface area contributed by atoms with Crippen LogP contribution in [-0.2, 0) is 4.79 Å². The van der Waals surface area contributed by atoms with E-state index in [-0.39, 0.29) is 18.2 Å². The number of fused-ring (bicyclic) bond motifs is 1. The number of halogens is 2. The lowest BCUT2D eigenvalue weighted by atomic mass is 10.1. The number of carbonyl (C=O) groups is 2. The summed E-state index contributed by atoms with van der Waals surface area (Å²) >= 11 is 6.83. The van der Waals surface area contributed by atoms with E-state index in [2.05, 4.69) is 42.2 Å². The summed E-state index contributed by atoms with van der Waals surface area (Å²) in [6.07, 6.45) is 1.69. The third-order valence-electron chi connectivity index (χ3n) is 3.10. The average molecular weight is 418 g/mol. The molecule has 0 aliphatic heterocycles. The lowest BCUT2D eigenvalue weighted by molar-refractivity contribution is -0.137. The second-order valence-corrected chi connectivity index (χ2v) is 6.64. The minimum absolute atomic E-state index is 0.0344. The first kappa shape index (κ1) is 16.0. The standard InChI is InChI=1S/C14H14Br2N2O3/c1-7(2-13(19)20)5-18-14(21)9-6-17-12-4-11(16)10(15)3-8(9)12/h3-4,6-7,17H,2,5H2,1H3,(H,18,21)(H,19,20). The summed E-state index contributed by atoms with van der Waals surface area (Å²) in [6, 6.07) is 3.76. The summed E-state index contributed by atoms with van der Waals surface area (Å²) in [5.41, 5.74) is 1.40. The molecule has 2 rings (SSSR count). The first-order valence-electron chi connectivity index (χ1n) is 6.34. The van der Waals surface area contributed by atoms with Gasteiger partial charge < -0.3 is 15.4 Å². The van der Waals surface area contributed by atoms with Crippen LogP contribution in [0, 0.1) is 5.92 Å². The molecule has 1 atom stereocenters. The van der Waals surface area contributed by atoms with Gasteiger partial charge in [0, 0.05) is 39.0 Å². The van der Waals surface area contributed by atoms with Crippen LogP contribution >= 0.6 is 31.9 Å². The molecule has 1 aromatic heterocycles. The van der Waals surface area contributed by atoms with Crippen LogP contribution in [0.1, 0.15) is 23.7 Å². The molecule has 21 heavy (non-hydrogen) atoms. The van der Waals surface area contributed by atoms with Crippen molar-refractivity contribution in [1.82, 2.24) is 10.3 Å². The second-order valence-electron chi connectivity index (χ2n) is 4.93. The van der Waals surface area contributed by atoms with Crippen molar-refractivity contribution in [1.29, 1.82) is 0 Å². The highest BCUT2D eigenvalue weighted by atomic mass is 79.9. The first-order chi connectivity index (χ1) is 9.88. The van der Waals surface area contributed by atoms with Crippen molar-refractivity contribution in [3.05, 3.63) is 32.8 Å². The van der Waals surface area contributed by atoms with Gasteiger partial charge in [0.2, 0.25) is 0 Å². The molecular weight excluding hydrogens is 404 g/mol. The fraction of sp³-hybridized carbons (Fsp3) is 0.286. The molecule has 0 aliphatic carbocycles. The molecule has 7 heteroatoms. The molecule has 112 valence electrons. The number of carboxylic acid groups (broad SMARTS) is 1. The van der Waals surface area contributed by atoms with Gasteiger partial charge in [0.25, 0.3) is 5.91 Å².